The predicted octanol–water partition coefficient (Wildman–Crippen LogP) is 2.34. The third kappa shape index (κ3) is 3.45. The molecule has 0 saturated carbocycles. The number of aromatic nitrogens is 4. The summed E-state index contributed by atoms with van der Waals surface area (Å²) in [7, 11) is 0. The smallest absolute Gasteiger partial charge is 0.226 e. The molecule has 1 aliphatic rings. The third-order valence-electron chi connectivity index (χ3n) is 4.41. The molecular weight excluding hydrogens is 352 g/mol. The molecule has 1 saturated heterocycles. The number of hydrogen-bond donors (Lipinski definition) is 1. The number of rotatable bonds is 5. The van der Waals surface area contributed by atoms with Crippen LogP contribution in [0.15, 0.2) is 30.5 Å². The van der Waals surface area contributed by atoms with Crippen molar-refractivity contribution in [3.8, 4) is 5.75 Å². The van der Waals surface area contributed by atoms with Crippen molar-refractivity contribution in [2.24, 2.45) is 0 Å². The lowest BCUT2D eigenvalue weighted by Crippen LogP contribution is -2.44. The number of nitrogens with one attached hydrogen (secondary N) is 1. The molecule has 2 aromatic heterocycles. The molecule has 8 heteroatoms. The molecule has 0 atom stereocenters. The monoisotopic (exact) mass is 372 g/mol. The van der Waals surface area contributed by atoms with Crippen LogP contribution in [0.4, 0.5) is 5.82 Å². The van der Waals surface area contributed by atoms with E-state index in [1.807, 2.05) is 36.0 Å². The molecule has 136 valence electrons. The van der Waals surface area contributed by atoms with Crippen LogP contribution in [0.2, 0.25) is 5.28 Å². The summed E-state index contributed by atoms with van der Waals surface area (Å²) in [5.74, 6) is 1.71. The fourth-order valence-corrected chi connectivity index (χ4v) is 3.38. The van der Waals surface area contributed by atoms with Crippen molar-refractivity contribution in [1.29, 1.82) is 0 Å². The number of benzene rings is 1. The second-order valence-electron chi connectivity index (χ2n) is 6.17. The number of nitrogens with zero attached hydrogens (tertiary/aromatic N) is 5. The SMILES string of the molecule is CCOc1cccc(Cn2ncc3c(N4CCNCC4)nc(Cl)nc32)c1. The van der Waals surface area contributed by atoms with E-state index in [1.54, 1.807) is 0 Å². The van der Waals surface area contributed by atoms with E-state index in [0.717, 1.165) is 54.3 Å². The third-order valence-corrected chi connectivity index (χ3v) is 4.58. The van der Waals surface area contributed by atoms with Crippen molar-refractivity contribution in [3.63, 3.8) is 0 Å². The van der Waals surface area contributed by atoms with Crippen molar-refractivity contribution in [1.82, 2.24) is 25.1 Å². The first-order valence-electron chi connectivity index (χ1n) is 8.81. The van der Waals surface area contributed by atoms with Crippen molar-refractivity contribution in [3.05, 3.63) is 41.3 Å². The fraction of sp³-hybridized carbons (Fsp3) is 0.389. The van der Waals surface area contributed by atoms with Gasteiger partial charge in [-0.05, 0) is 36.2 Å². The van der Waals surface area contributed by atoms with Crippen molar-refractivity contribution in [2.75, 3.05) is 37.7 Å². The highest BCUT2D eigenvalue weighted by Crippen LogP contribution is 2.26. The van der Waals surface area contributed by atoms with E-state index in [4.69, 9.17) is 16.3 Å². The number of piperazine rings is 1. The first kappa shape index (κ1) is 17.1. The Kier molecular flexibility index (Phi) is 4.90. The van der Waals surface area contributed by atoms with Gasteiger partial charge in [0, 0.05) is 26.2 Å². The van der Waals surface area contributed by atoms with Crippen LogP contribution in [0.5, 0.6) is 5.75 Å². The number of anilines is 1. The standard InChI is InChI=1S/C18H21ClN6O/c1-2-26-14-5-3-4-13(10-14)12-25-17-15(11-21-25)16(22-18(19)23-17)24-8-6-20-7-9-24/h3-5,10-11,20H,2,6-9,12H2,1H3. The topological polar surface area (TPSA) is 68.1 Å². The van der Waals surface area contributed by atoms with Crippen LogP contribution in [0, 0.1) is 0 Å². The average Bonchev–Trinajstić information content (AvgIpc) is 3.05. The maximum absolute atomic E-state index is 6.22. The molecular formula is C18H21ClN6O. The molecule has 7 nitrogen and oxygen atoms in total. The Balaban J connectivity index is 1.68. The van der Waals surface area contributed by atoms with Gasteiger partial charge >= 0.3 is 0 Å². The molecule has 0 bridgehead atoms. The van der Waals surface area contributed by atoms with E-state index in [-0.39, 0.29) is 5.28 Å². The first-order valence-corrected chi connectivity index (χ1v) is 9.19. The van der Waals surface area contributed by atoms with Gasteiger partial charge < -0.3 is 15.0 Å². The summed E-state index contributed by atoms with van der Waals surface area (Å²) in [5.41, 5.74) is 1.85. The Labute approximate surface area is 156 Å². The van der Waals surface area contributed by atoms with E-state index in [9.17, 15) is 0 Å². The molecule has 1 aromatic carbocycles. The van der Waals surface area contributed by atoms with Crippen LogP contribution >= 0.6 is 11.6 Å². The number of ether oxygens (including phenoxy) is 1. The van der Waals surface area contributed by atoms with Gasteiger partial charge in [-0.25, -0.2) is 4.68 Å². The minimum atomic E-state index is 0.246. The minimum Gasteiger partial charge on any atom is -0.494 e. The maximum Gasteiger partial charge on any atom is 0.226 e. The highest BCUT2D eigenvalue weighted by atomic mass is 35.5. The van der Waals surface area contributed by atoms with Crippen LogP contribution < -0.4 is 15.0 Å². The summed E-state index contributed by atoms with van der Waals surface area (Å²) >= 11 is 6.22. The lowest BCUT2D eigenvalue weighted by molar-refractivity contribution is 0.340. The summed E-state index contributed by atoms with van der Waals surface area (Å²) < 4.78 is 7.44. The predicted molar refractivity (Wildman–Crippen MR) is 102 cm³/mol. The lowest BCUT2D eigenvalue weighted by atomic mass is 10.2. The van der Waals surface area contributed by atoms with E-state index in [0.29, 0.717) is 13.2 Å². The lowest BCUT2D eigenvalue weighted by Gasteiger charge is -2.28. The van der Waals surface area contributed by atoms with Gasteiger partial charge in [0.05, 0.1) is 24.7 Å². The van der Waals surface area contributed by atoms with Crippen LogP contribution in [0.25, 0.3) is 11.0 Å². The van der Waals surface area contributed by atoms with Gasteiger partial charge in [0.25, 0.3) is 0 Å². The van der Waals surface area contributed by atoms with Crippen LogP contribution in [-0.4, -0.2) is 52.5 Å². The van der Waals surface area contributed by atoms with E-state index in [1.165, 1.54) is 0 Å². The molecule has 3 heterocycles. The Morgan fingerprint density at radius 2 is 2.08 bits per heavy atom. The molecule has 3 aromatic rings. The maximum atomic E-state index is 6.22. The van der Waals surface area contributed by atoms with E-state index in [2.05, 4.69) is 31.3 Å². The second-order valence-corrected chi connectivity index (χ2v) is 6.51. The largest absolute Gasteiger partial charge is 0.494 e. The Bertz CT molecular complexity index is 906. The Morgan fingerprint density at radius 3 is 2.88 bits per heavy atom. The molecule has 26 heavy (non-hydrogen) atoms. The molecule has 1 fully saturated rings. The van der Waals surface area contributed by atoms with Crippen LogP contribution in [-0.2, 0) is 6.54 Å². The molecule has 0 amide bonds. The van der Waals surface area contributed by atoms with Gasteiger partial charge in [-0.1, -0.05) is 12.1 Å². The highest BCUT2D eigenvalue weighted by molar-refractivity contribution is 6.28. The molecule has 1 aliphatic heterocycles. The fourth-order valence-electron chi connectivity index (χ4n) is 3.22. The van der Waals surface area contributed by atoms with Crippen molar-refractivity contribution < 1.29 is 4.74 Å². The summed E-state index contributed by atoms with van der Waals surface area (Å²) in [6.07, 6.45) is 1.83. The molecule has 0 radical (unpaired) electrons. The van der Waals surface area contributed by atoms with Gasteiger partial charge in [-0.2, -0.15) is 15.1 Å². The highest BCUT2D eigenvalue weighted by Gasteiger charge is 2.19. The Morgan fingerprint density at radius 1 is 1.23 bits per heavy atom. The summed E-state index contributed by atoms with van der Waals surface area (Å²) in [4.78, 5) is 11.1. The number of hydrogen-bond acceptors (Lipinski definition) is 6. The molecule has 4 rings (SSSR count). The second kappa shape index (κ2) is 7.47. The van der Waals surface area contributed by atoms with Gasteiger partial charge in [-0.15, -0.1) is 0 Å². The van der Waals surface area contributed by atoms with Gasteiger partial charge in [0.15, 0.2) is 5.65 Å². The zero-order chi connectivity index (χ0) is 17.9. The molecule has 0 aliphatic carbocycles. The molecule has 1 N–H and O–H groups in total. The molecule has 0 unspecified atom stereocenters. The summed E-state index contributed by atoms with van der Waals surface area (Å²) in [6, 6.07) is 8.02. The quantitative estimate of drug-likeness (QED) is 0.693. The van der Waals surface area contributed by atoms with E-state index < -0.39 is 0 Å². The summed E-state index contributed by atoms with van der Waals surface area (Å²) in [6.45, 7) is 6.87. The van der Waals surface area contributed by atoms with Crippen molar-refractivity contribution >= 4 is 28.5 Å². The van der Waals surface area contributed by atoms with Gasteiger partial charge in [0.2, 0.25) is 5.28 Å². The molecule has 0 spiro atoms. The van der Waals surface area contributed by atoms with E-state index >= 15 is 0 Å². The summed E-state index contributed by atoms with van der Waals surface area (Å²) in [5, 5.41) is 9.06. The number of halogens is 1. The Hall–Kier alpha value is -2.38. The van der Waals surface area contributed by atoms with Gasteiger partial charge in [-0.3, -0.25) is 0 Å². The zero-order valence-corrected chi connectivity index (χ0v) is 15.4. The number of fused-ring (bicyclic) bond motifs is 1. The minimum absolute atomic E-state index is 0.246. The average molecular weight is 373 g/mol. The zero-order valence-electron chi connectivity index (χ0n) is 14.7. The first-order chi connectivity index (χ1) is 12.7. The van der Waals surface area contributed by atoms with Gasteiger partial charge in [0.1, 0.15) is 11.6 Å². The van der Waals surface area contributed by atoms with Crippen LogP contribution in [0.3, 0.4) is 0 Å². The normalized spacial score (nSPS) is 14.8. The van der Waals surface area contributed by atoms with Crippen molar-refractivity contribution in [2.45, 2.75) is 13.5 Å². The van der Waals surface area contributed by atoms with Crippen LogP contribution in [0.1, 0.15) is 12.5 Å².